The summed E-state index contributed by atoms with van der Waals surface area (Å²) >= 11 is 0. The quantitative estimate of drug-likeness (QED) is 0.396. The normalized spacial score (nSPS) is 11.6. The van der Waals surface area contributed by atoms with Crippen LogP contribution in [0.3, 0.4) is 0 Å². The van der Waals surface area contributed by atoms with E-state index in [1.54, 1.807) is 4.90 Å². The second kappa shape index (κ2) is 9.23. The summed E-state index contributed by atoms with van der Waals surface area (Å²) in [5, 5.41) is 2.18. The summed E-state index contributed by atoms with van der Waals surface area (Å²) in [4.78, 5) is 15.2. The Balaban J connectivity index is 1.94. The van der Waals surface area contributed by atoms with Crippen LogP contribution in [0.4, 0.5) is 11.4 Å². The van der Waals surface area contributed by atoms with Crippen molar-refractivity contribution in [2.24, 2.45) is 0 Å². The number of allylic oxidation sites excluding steroid dienone is 1. The zero-order chi connectivity index (χ0) is 19.9. The van der Waals surface area contributed by atoms with Crippen LogP contribution in [0.25, 0.3) is 10.8 Å². The van der Waals surface area contributed by atoms with Gasteiger partial charge in [0, 0.05) is 12.1 Å². The largest absolute Gasteiger partial charge is 0.397 e. The van der Waals surface area contributed by atoms with Crippen molar-refractivity contribution in [2.45, 2.75) is 33.1 Å². The number of benzene rings is 3. The first-order valence-corrected chi connectivity index (χ1v) is 9.91. The average molecular weight is 373 g/mol. The lowest BCUT2D eigenvalue weighted by atomic mass is 10.1. The molecule has 0 bridgehead atoms. The Morgan fingerprint density at radius 3 is 2.46 bits per heavy atom. The fourth-order valence-corrected chi connectivity index (χ4v) is 3.31. The van der Waals surface area contributed by atoms with Crippen LogP contribution in [-0.2, 0) is 0 Å². The number of amides is 1. The minimum atomic E-state index is -0.0387. The highest BCUT2D eigenvalue weighted by Crippen LogP contribution is 2.26. The number of carbonyl (C=O) groups excluding carboxylic acids is 1. The first kappa shape index (κ1) is 19.7. The Morgan fingerprint density at radius 2 is 1.71 bits per heavy atom. The van der Waals surface area contributed by atoms with Gasteiger partial charge in [0.2, 0.25) is 0 Å². The number of carbonyl (C=O) groups is 1. The molecule has 0 aliphatic rings. The van der Waals surface area contributed by atoms with Crippen LogP contribution < -0.4 is 10.6 Å². The van der Waals surface area contributed by atoms with Crippen LogP contribution in [0.1, 0.15) is 43.5 Å². The maximum Gasteiger partial charge on any atom is 0.258 e. The second-order valence-electron chi connectivity index (χ2n) is 7.19. The number of hydrogen-bond donors (Lipinski definition) is 1. The highest BCUT2D eigenvalue weighted by molar-refractivity contribution is 6.09. The number of nitrogen functional groups attached to an aromatic ring is 1. The molecule has 1 amide bonds. The SMILES string of the molecule is CCCCC(C)=CCN(C(=O)c1ccc2ccccc2c1)c1ccccc1N. The van der Waals surface area contributed by atoms with E-state index in [0.29, 0.717) is 17.8 Å². The number of anilines is 2. The van der Waals surface area contributed by atoms with Crippen LogP contribution in [0.2, 0.25) is 0 Å². The van der Waals surface area contributed by atoms with Gasteiger partial charge in [-0.05, 0) is 54.8 Å². The van der Waals surface area contributed by atoms with Crippen LogP contribution in [-0.4, -0.2) is 12.5 Å². The maximum atomic E-state index is 13.4. The van der Waals surface area contributed by atoms with Gasteiger partial charge in [-0.1, -0.05) is 67.5 Å². The fourth-order valence-electron chi connectivity index (χ4n) is 3.31. The molecule has 0 saturated heterocycles. The summed E-state index contributed by atoms with van der Waals surface area (Å²) in [6.45, 7) is 4.83. The van der Waals surface area contributed by atoms with Crippen molar-refractivity contribution in [3.8, 4) is 0 Å². The zero-order valence-electron chi connectivity index (χ0n) is 16.7. The first-order valence-electron chi connectivity index (χ1n) is 9.91. The lowest BCUT2D eigenvalue weighted by molar-refractivity contribution is 0.0990. The van der Waals surface area contributed by atoms with Crippen LogP contribution in [0.5, 0.6) is 0 Å². The van der Waals surface area contributed by atoms with Crippen molar-refractivity contribution in [1.29, 1.82) is 0 Å². The van der Waals surface area contributed by atoms with E-state index in [4.69, 9.17) is 5.73 Å². The topological polar surface area (TPSA) is 46.3 Å². The maximum absolute atomic E-state index is 13.4. The number of unbranched alkanes of at least 4 members (excludes halogenated alkanes) is 1. The van der Waals surface area contributed by atoms with Crippen molar-refractivity contribution in [1.82, 2.24) is 0 Å². The molecule has 3 aromatic carbocycles. The highest BCUT2D eigenvalue weighted by Gasteiger charge is 2.19. The van der Waals surface area contributed by atoms with Crippen molar-refractivity contribution in [3.63, 3.8) is 0 Å². The summed E-state index contributed by atoms with van der Waals surface area (Å²) in [6, 6.07) is 21.5. The van der Waals surface area contributed by atoms with Gasteiger partial charge < -0.3 is 10.6 Å². The number of nitrogens with two attached hydrogens (primary N) is 1. The van der Waals surface area contributed by atoms with E-state index in [-0.39, 0.29) is 5.91 Å². The number of fused-ring (bicyclic) bond motifs is 1. The smallest absolute Gasteiger partial charge is 0.258 e. The minimum Gasteiger partial charge on any atom is -0.397 e. The number of rotatable bonds is 7. The molecule has 0 fully saturated rings. The summed E-state index contributed by atoms with van der Waals surface area (Å²) in [7, 11) is 0. The van der Waals surface area contributed by atoms with E-state index >= 15 is 0 Å². The van der Waals surface area contributed by atoms with Gasteiger partial charge in [0.05, 0.1) is 11.4 Å². The summed E-state index contributed by atoms with van der Waals surface area (Å²) in [5.41, 5.74) is 9.52. The molecule has 0 spiro atoms. The lowest BCUT2D eigenvalue weighted by Crippen LogP contribution is -2.32. The van der Waals surface area contributed by atoms with Gasteiger partial charge in [-0.15, -0.1) is 0 Å². The van der Waals surface area contributed by atoms with Gasteiger partial charge in [-0.3, -0.25) is 4.79 Å². The van der Waals surface area contributed by atoms with E-state index < -0.39 is 0 Å². The fraction of sp³-hybridized carbons (Fsp3) is 0.240. The Bertz CT molecular complexity index is 991. The molecule has 0 radical (unpaired) electrons. The highest BCUT2D eigenvalue weighted by atomic mass is 16.2. The van der Waals surface area contributed by atoms with E-state index in [0.717, 1.165) is 35.7 Å². The second-order valence-corrected chi connectivity index (χ2v) is 7.19. The van der Waals surface area contributed by atoms with E-state index in [2.05, 4.69) is 26.0 Å². The standard InChI is InChI=1S/C25H28N2O/c1-3-4-9-19(2)16-17-27(24-13-8-7-12-23(24)26)25(28)22-15-14-20-10-5-6-11-21(20)18-22/h5-8,10-16,18H,3-4,9,17,26H2,1-2H3. The molecule has 0 saturated carbocycles. The molecule has 0 aromatic heterocycles. The molecule has 2 N–H and O–H groups in total. The first-order chi connectivity index (χ1) is 13.6. The van der Waals surface area contributed by atoms with Gasteiger partial charge in [-0.2, -0.15) is 0 Å². The third kappa shape index (κ3) is 4.61. The summed E-state index contributed by atoms with van der Waals surface area (Å²) in [5.74, 6) is -0.0387. The Kier molecular flexibility index (Phi) is 6.49. The van der Waals surface area contributed by atoms with Gasteiger partial charge in [0.25, 0.3) is 5.91 Å². The lowest BCUT2D eigenvalue weighted by Gasteiger charge is -2.23. The minimum absolute atomic E-state index is 0.0387. The predicted molar refractivity (Wildman–Crippen MR) is 120 cm³/mol. The van der Waals surface area contributed by atoms with Crippen LogP contribution >= 0.6 is 0 Å². The monoisotopic (exact) mass is 372 g/mol. The van der Waals surface area contributed by atoms with Gasteiger partial charge in [-0.25, -0.2) is 0 Å². The molecule has 0 unspecified atom stereocenters. The molecule has 28 heavy (non-hydrogen) atoms. The average Bonchev–Trinajstić information content (AvgIpc) is 2.73. The molecule has 3 aromatic rings. The van der Waals surface area contributed by atoms with Crippen molar-refractivity contribution in [2.75, 3.05) is 17.2 Å². The Hall–Kier alpha value is -3.07. The molecule has 144 valence electrons. The number of nitrogens with zero attached hydrogens (tertiary/aromatic N) is 1. The predicted octanol–water partition coefficient (Wildman–Crippen LogP) is 6.21. The molecule has 3 nitrogen and oxygen atoms in total. The number of para-hydroxylation sites is 2. The molecule has 3 heteroatoms. The third-order valence-corrected chi connectivity index (χ3v) is 5.02. The molecule has 0 aliphatic heterocycles. The molecular formula is C25H28N2O. The number of hydrogen-bond acceptors (Lipinski definition) is 2. The molecule has 0 atom stereocenters. The summed E-state index contributed by atoms with van der Waals surface area (Å²) in [6.07, 6.45) is 5.52. The summed E-state index contributed by atoms with van der Waals surface area (Å²) < 4.78 is 0. The van der Waals surface area contributed by atoms with Gasteiger partial charge in [0.1, 0.15) is 0 Å². The molecule has 3 rings (SSSR count). The molecule has 0 aliphatic carbocycles. The Morgan fingerprint density at radius 1 is 1.00 bits per heavy atom. The van der Waals surface area contributed by atoms with Crippen molar-refractivity contribution >= 4 is 28.1 Å². The Labute approximate surface area is 167 Å². The van der Waals surface area contributed by atoms with Gasteiger partial charge >= 0.3 is 0 Å². The van der Waals surface area contributed by atoms with Gasteiger partial charge in [0.15, 0.2) is 0 Å². The van der Waals surface area contributed by atoms with Crippen LogP contribution in [0, 0.1) is 0 Å². The van der Waals surface area contributed by atoms with Crippen LogP contribution in [0.15, 0.2) is 78.4 Å². The van der Waals surface area contributed by atoms with E-state index in [1.807, 2.05) is 60.7 Å². The third-order valence-electron chi connectivity index (χ3n) is 5.02. The zero-order valence-corrected chi connectivity index (χ0v) is 16.7. The van der Waals surface area contributed by atoms with E-state index in [1.165, 1.54) is 5.57 Å². The van der Waals surface area contributed by atoms with E-state index in [9.17, 15) is 4.79 Å². The van der Waals surface area contributed by atoms with Crippen molar-refractivity contribution in [3.05, 3.63) is 83.9 Å². The van der Waals surface area contributed by atoms with Crippen molar-refractivity contribution < 1.29 is 4.79 Å². The molecular weight excluding hydrogens is 344 g/mol. The molecule has 0 heterocycles.